The van der Waals surface area contributed by atoms with E-state index in [0.29, 0.717) is 12.8 Å². The van der Waals surface area contributed by atoms with E-state index in [0.717, 1.165) is 44.9 Å². The van der Waals surface area contributed by atoms with Gasteiger partial charge >= 0.3 is 0 Å². The van der Waals surface area contributed by atoms with E-state index in [1.54, 1.807) is 6.08 Å². The lowest BCUT2D eigenvalue weighted by Gasteiger charge is -2.48. The van der Waals surface area contributed by atoms with Crippen molar-refractivity contribution in [3.8, 4) is 0 Å². The molecule has 17 unspecified atom stereocenters. The van der Waals surface area contributed by atoms with Gasteiger partial charge in [-0.05, 0) is 64.2 Å². The molecule has 3 rings (SSSR count). The first-order valence-corrected chi connectivity index (χ1v) is 31.9. The van der Waals surface area contributed by atoms with Gasteiger partial charge in [-0.2, -0.15) is 0 Å². The number of ether oxygens (including phenoxy) is 6. The predicted molar refractivity (Wildman–Crippen MR) is 314 cm³/mol. The maximum Gasteiger partial charge on any atom is 0.220 e. The molecule has 19 nitrogen and oxygen atoms in total. The number of hydrogen-bond acceptors (Lipinski definition) is 18. The maximum absolute atomic E-state index is 13.3. The number of aliphatic hydroxyl groups is 11. The molecule has 0 aromatic heterocycles. The molecule has 19 heteroatoms. The molecule has 3 aliphatic rings. The third-order valence-corrected chi connectivity index (χ3v) is 15.8. The molecule has 17 atom stereocenters. The number of aliphatic hydroxyl groups excluding tert-OH is 11. The van der Waals surface area contributed by atoms with Crippen molar-refractivity contribution in [3.05, 3.63) is 48.6 Å². The fourth-order valence-corrected chi connectivity index (χ4v) is 10.6. The molecule has 1 amide bonds. The minimum absolute atomic E-state index is 0.232. The lowest BCUT2D eigenvalue weighted by Crippen LogP contribution is -2.66. The predicted octanol–water partition coefficient (Wildman–Crippen LogP) is 6.65. The number of carbonyl (C=O) groups is 1. The fraction of sp³-hybridized carbons (Fsp3) is 0.857. The van der Waals surface area contributed by atoms with Gasteiger partial charge in [-0.25, -0.2) is 0 Å². The summed E-state index contributed by atoms with van der Waals surface area (Å²) < 4.78 is 34.2. The van der Waals surface area contributed by atoms with E-state index < -0.39 is 124 Å². The summed E-state index contributed by atoms with van der Waals surface area (Å²) in [6.45, 7) is 1.64. The summed E-state index contributed by atoms with van der Waals surface area (Å²) in [6.07, 6.45) is 25.4. The Hall–Kier alpha value is -2.25. The van der Waals surface area contributed by atoms with Crippen LogP contribution < -0.4 is 5.32 Å². The van der Waals surface area contributed by atoms with Crippen molar-refractivity contribution in [2.45, 2.75) is 317 Å². The largest absolute Gasteiger partial charge is 0.394 e. The third kappa shape index (κ3) is 29.0. The molecule has 3 fully saturated rings. The van der Waals surface area contributed by atoms with Gasteiger partial charge in [-0.15, -0.1) is 0 Å². The smallest absolute Gasteiger partial charge is 0.220 e. The SMILES string of the molecule is CCCC/C=C/CC/C=C/CC/C=C/C(O)C(COC1OC(CO)C(OC2OC(CO)C(OC3OC(CO)C(O)C(O)C3O)C(O)C2O)C(O)C1O)NC(=O)CCCCCCCCCCCCCCC/C=C\CCCCCCCCCC. The number of nitrogens with one attached hydrogen (secondary N) is 1. The molecule has 0 aliphatic carbocycles. The first kappa shape index (κ1) is 74.0. The Morgan fingerprint density at radius 1 is 0.427 bits per heavy atom. The van der Waals surface area contributed by atoms with Gasteiger partial charge in [0.25, 0.3) is 0 Å². The average Bonchev–Trinajstić information content (AvgIpc) is 3.19. The molecule has 0 radical (unpaired) electrons. The van der Waals surface area contributed by atoms with Crippen LogP contribution in [-0.2, 0) is 33.2 Å². The lowest BCUT2D eigenvalue weighted by atomic mass is 9.96. The van der Waals surface area contributed by atoms with Gasteiger partial charge < -0.3 is 89.9 Å². The number of rotatable bonds is 47. The van der Waals surface area contributed by atoms with Crippen LogP contribution in [0.25, 0.3) is 0 Å². The van der Waals surface area contributed by atoms with Crippen LogP contribution in [0.5, 0.6) is 0 Å². The Morgan fingerprint density at radius 2 is 0.793 bits per heavy atom. The van der Waals surface area contributed by atoms with Crippen molar-refractivity contribution in [2.24, 2.45) is 0 Å². The molecular weight excluding hydrogens is 1060 g/mol. The molecule has 0 aromatic rings. The van der Waals surface area contributed by atoms with Crippen LogP contribution in [-0.4, -0.2) is 193 Å². The van der Waals surface area contributed by atoms with Crippen molar-refractivity contribution in [1.82, 2.24) is 5.32 Å². The van der Waals surface area contributed by atoms with Gasteiger partial charge in [0, 0.05) is 6.42 Å². The number of allylic oxidation sites excluding steroid dienone is 7. The van der Waals surface area contributed by atoms with Gasteiger partial charge in [0.15, 0.2) is 18.9 Å². The Kier molecular flexibility index (Phi) is 41.5. The third-order valence-electron chi connectivity index (χ3n) is 15.8. The van der Waals surface area contributed by atoms with Crippen LogP contribution in [0.3, 0.4) is 0 Å². The minimum Gasteiger partial charge on any atom is -0.394 e. The summed E-state index contributed by atoms with van der Waals surface area (Å²) in [5, 5.41) is 120. The number of hydrogen-bond donors (Lipinski definition) is 12. The standard InChI is InChI=1S/C63H113NO18/c1-3-5-7-9-11-13-15-17-18-19-20-21-22-23-24-25-26-27-28-29-31-33-35-37-39-41-51(69)64-46(47(68)40-38-36-34-32-30-16-14-12-10-8-6-4-2)45-77-61-57(75)54(72)59(49(43-66)79-61)82-63-58(76)55(73)60(50(44-67)80-63)81-62-56(74)53(71)52(70)48(42-65)78-62/h10,12,19-20,30,32,38,40,46-50,52-63,65-68,70-76H,3-9,11,13-18,21-29,31,33-37,39,41-45H2,1-2H3,(H,64,69)/b12-10+,20-19-,32-30+,40-38+. The quantitative estimate of drug-likeness (QED) is 0.0224. The van der Waals surface area contributed by atoms with E-state index in [1.807, 2.05) is 6.08 Å². The molecule has 82 heavy (non-hydrogen) atoms. The second-order valence-corrected chi connectivity index (χ2v) is 22.8. The minimum atomic E-state index is -1.98. The van der Waals surface area contributed by atoms with E-state index in [9.17, 15) is 61.0 Å². The molecular formula is C63H113NO18. The molecule has 0 aromatic carbocycles. The summed E-state index contributed by atoms with van der Waals surface area (Å²) in [4.78, 5) is 13.3. The summed E-state index contributed by atoms with van der Waals surface area (Å²) in [6, 6.07) is -0.995. The molecule has 0 bridgehead atoms. The highest BCUT2D eigenvalue weighted by molar-refractivity contribution is 5.76. The van der Waals surface area contributed by atoms with E-state index >= 15 is 0 Å². The van der Waals surface area contributed by atoms with Crippen molar-refractivity contribution in [2.75, 3.05) is 26.4 Å². The zero-order chi connectivity index (χ0) is 59.7. The van der Waals surface area contributed by atoms with Crippen LogP contribution in [0, 0.1) is 0 Å². The zero-order valence-electron chi connectivity index (χ0n) is 50.0. The highest BCUT2D eigenvalue weighted by Crippen LogP contribution is 2.33. The molecule has 0 spiro atoms. The van der Waals surface area contributed by atoms with Gasteiger partial charge in [-0.3, -0.25) is 4.79 Å². The molecule has 478 valence electrons. The second kappa shape index (κ2) is 46.0. The molecule has 3 saturated heterocycles. The topological polar surface area (TPSA) is 307 Å². The normalized spacial score (nSPS) is 29.9. The van der Waals surface area contributed by atoms with Gasteiger partial charge in [0.2, 0.25) is 5.91 Å². The van der Waals surface area contributed by atoms with Gasteiger partial charge in [-0.1, -0.05) is 191 Å². The van der Waals surface area contributed by atoms with Crippen LogP contribution >= 0.6 is 0 Å². The Balaban J connectivity index is 1.44. The van der Waals surface area contributed by atoms with Gasteiger partial charge in [0.05, 0.1) is 38.6 Å². The highest BCUT2D eigenvalue weighted by Gasteiger charge is 2.53. The zero-order valence-corrected chi connectivity index (χ0v) is 50.0. The van der Waals surface area contributed by atoms with E-state index in [1.165, 1.54) is 135 Å². The van der Waals surface area contributed by atoms with E-state index in [2.05, 4.69) is 55.6 Å². The number of carbonyl (C=O) groups excluding carboxylic acids is 1. The monoisotopic (exact) mass is 1170 g/mol. The summed E-state index contributed by atoms with van der Waals surface area (Å²) >= 11 is 0. The van der Waals surface area contributed by atoms with Crippen molar-refractivity contribution >= 4 is 5.91 Å². The first-order chi connectivity index (χ1) is 39.8. The van der Waals surface area contributed by atoms with Crippen LogP contribution in [0.4, 0.5) is 0 Å². The molecule has 12 N–H and O–H groups in total. The van der Waals surface area contributed by atoms with Crippen molar-refractivity contribution < 1.29 is 89.4 Å². The summed E-state index contributed by atoms with van der Waals surface area (Å²) in [5.41, 5.74) is 0. The van der Waals surface area contributed by atoms with Crippen molar-refractivity contribution in [3.63, 3.8) is 0 Å². The van der Waals surface area contributed by atoms with E-state index in [4.69, 9.17) is 28.4 Å². The van der Waals surface area contributed by atoms with Crippen LogP contribution in [0.1, 0.15) is 213 Å². The molecule has 3 aliphatic heterocycles. The maximum atomic E-state index is 13.3. The Labute approximate surface area is 491 Å². The van der Waals surface area contributed by atoms with Crippen molar-refractivity contribution in [1.29, 1.82) is 0 Å². The summed E-state index contributed by atoms with van der Waals surface area (Å²) in [7, 11) is 0. The van der Waals surface area contributed by atoms with Crippen LogP contribution in [0.2, 0.25) is 0 Å². The summed E-state index contributed by atoms with van der Waals surface area (Å²) in [5.74, 6) is -0.291. The fourth-order valence-electron chi connectivity index (χ4n) is 10.6. The molecule has 0 saturated carbocycles. The Morgan fingerprint density at radius 3 is 1.26 bits per heavy atom. The molecule has 3 heterocycles. The first-order valence-electron chi connectivity index (χ1n) is 31.9. The van der Waals surface area contributed by atoms with E-state index in [-0.39, 0.29) is 18.9 Å². The number of unbranched alkanes of at least 4 members (excludes halogenated alkanes) is 25. The lowest BCUT2D eigenvalue weighted by molar-refractivity contribution is -0.379. The Bertz CT molecular complexity index is 1680. The highest BCUT2D eigenvalue weighted by atomic mass is 16.8. The average molecular weight is 1170 g/mol. The second-order valence-electron chi connectivity index (χ2n) is 22.8. The van der Waals surface area contributed by atoms with Gasteiger partial charge in [0.1, 0.15) is 73.2 Å². The number of amides is 1. The van der Waals surface area contributed by atoms with Crippen LogP contribution in [0.15, 0.2) is 48.6 Å².